The second-order valence-electron chi connectivity index (χ2n) is 7.71. The Kier molecular flexibility index (Phi) is 23.0. The van der Waals surface area contributed by atoms with Crippen LogP contribution in [0, 0.1) is 0 Å². The standard InChI is InChI=1S/2C11H23NO2/c2*1-2-3-4-5-6-7-8-9-10(12)11(13)14/h2*10H,2-9,12H2,1H3,(H,13,14). The van der Waals surface area contributed by atoms with E-state index < -0.39 is 24.0 Å². The zero-order valence-electron chi connectivity index (χ0n) is 18.3. The molecule has 168 valence electrons. The van der Waals surface area contributed by atoms with E-state index in [0.29, 0.717) is 12.8 Å². The molecule has 0 aromatic heterocycles. The molecule has 0 bridgehead atoms. The maximum atomic E-state index is 10.4. The van der Waals surface area contributed by atoms with Gasteiger partial charge in [-0.25, -0.2) is 0 Å². The Morgan fingerprint density at radius 1 is 0.571 bits per heavy atom. The van der Waals surface area contributed by atoms with Gasteiger partial charge >= 0.3 is 11.9 Å². The molecular weight excluding hydrogens is 356 g/mol. The van der Waals surface area contributed by atoms with Crippen LogP contribution in [0.15, 0.2) is 0 Å². The fourth-order valence-corrected chi connectivity index (χ4v) is 2.89. The number of carboxylic acids is 2. The molecule has 0 aliphatic heterocycles. The minimum Gasteiger partial charge on any atom is -0.480 e. The number of hydrogen-bond donors (Lipinski definition) is 4. The normalized spacial score (nSPS) is 12.7. The number of hydrogen-bond acceptors (Lipinski definition) is 4. The molecule has 0 heterocycles. The van der Waals surface area contributed by atoms with Crippen LogP contribution < -0.4 is 11.5 Å². The van der Waals surface area contributed by atoms with Gasteiger partial charge in [0.2, 0.25) is 0 Å². The third-order valence-electron chi connectivity index (χ3n) is 4.87. The first-order valence-corrected chi connectivity index (χ1v) is 11.3. The number of aliphatic carboxylic acids is 2. The molecule has 0 rings (SSSR count). The lowest BCUT2D eigenvalue weighted by Crippen LogP contribution is -2.29. The molecule has 0 aromatic rings. The highest BCUT2D eigenvalue weighted by Crippen LogP contribution is 2.10. The highest BCUT2D eigenvalue weighted by Gasteiger charge is 2.10. The summed E-state index contributed by atoms with van der Waals surface area (Å²) < 4.78 is 0. The molecule has 0 aliphatic rings. The van der Waals surface area contributed by atoms with E-state index in [1.54, 1.807) is 0 Å². The number of carboxylic acid groups (broad SMARTS) is 2. The average Bonchev–Trinajstić information content (AvgIpc) is 2.66. The topological polar surface area (TPSA) is 127 Å². The van der Waals surface area contributed by atoms with Gasteiger partial charge in [0, 0.05) is 0 Å². The van der Waals surface area contributed by atoms with Crippen molar-refractivity contribution in [2.75, 3.05) is 0 Å². The van der Waals surface area contributed by atoms with E-state index in [0.717, 1.165) is 25.7 Å². The summed E-state index contributed by atoms with van der Waals surface area (Å²) >= 11 is 0. The molecule has 6 heteroatoms. The van der Waals surface area contributed by atoms with Crippen LogP contribution in [0.5, 0.6) is 0 Å². The van der Waals surface area contributed by atoms with E-state index in [-0.39, 0.29) is 0 Å². The molecule has 0 saturated heterocycles. The van der Waals surface area contributed by atoms with E-state index >= 15 is 0 Å². The first kappa shape index (κ1) is 29.1. The molecule has 6 N–H and O–H groups in total. The van der Waals surface area contributed by atoms with Gasteiger partial charge in [0.15, 0.2) is 0 Å². The quantitative estimate of drug-likeness (QED) is 0.237. The van der Waals surface area contributed by atoms with Crippen molar-refractivity contribution < 1.29 is 19.8 Å². The van der Waals surface area contributed by atoms with Gasteiger partial charge in [-0.15, -0.1) is 0 Å². The van der Waals surface area contributed by atoms with Crippen molar-refractivity contribution in [2.24, 2.45) is 11.5 Å². The van der Waals surface area contributed by atoms with E-state index in [1.165, 1.54) is 64.2 Å². The fourth-order valence-electron chi connectivity index (χ4n) is 2.89. The fraction of sp³-hybridized carbons (Fsp3) is 0.909. The van der Waals surface area contributed by atoms with Crippen LogP contribution in [0.2, 0.25) is 0 Å². The van der Waals surface area contributed by atoms with E-state index in [1.807, 2.05) is 0 Å². The van der Waals surface area contributed by atoms with Gasteiger partial charge in [0.05, 0.1) is 0 Å². The maximum Gasteiger partial charge on any atom is 0.320 e. The third kappa shape index (κ3) is 22.9. The molecule has 2 unspecified atom stereocenters. The Morgan fingerprint density at radius 3 is 1.07 bits per heavy atom. The zero-order valence-corrected chi connectivity index (χ0v) is 18.3. The highest BCUT2D eigenvalue weighted by molar-refractivity contribution is 5.73. The Hall–Kier alpha value is -1.14. The number of nitrogens with two attached hydrogens (primary N) is 2. The zero-order chi connectivity index (χ0) is 21.6. The van der Waals surface area contributed by atoms with Gasteiger partial charge in [-0.2, -0.15) is 0 Å². The SMILES string of the molecule is CCCCCCCCCC(N)C(=O)O.CCCCCCCCCC(N)C(=O)O. The molecule has 0 spiro atoms. The summed E-state index contributed by atoms with van der Waals surface area (Å²) in [5.74, 6) is -1.76. The minimum atomic E-state index is -0.879. The predicted molar refractivity (Wildman–Crippen MR) is 116 cm³/mol. The Morgan fingerprint density at radius 2 is 0.821 bits per heavy atom. The van der Waals surface area contributed by atoms with Crippen LogP contribution in [-0.4, -0.2) is 34.2 Å². The number of carbonyl (C=O) groups is 2. The second kappa shape index (κ2) is 22.2. The molecule has 6 nitrogen and oxygen atoms in total. The molecule has 0 fully saturated rings. The number of unbranched alkanes of at least 4 members (excludes halogenated alkanes) is 12. The van der Waals surface area contributed by atoms with E-state index in [9.17, 15) is 9.59 Å². The summed E-state index contributed by atoms with van der Waals surface area (Å²) in [5.41, 5.74) is 10.8. The largest absolute Gasteiger partial charge is 0.480 e. The highest BCUT2D eigenvalue weighted by atomic mass is 16.4. The lowest BCUT2D eigenvalue weighted by atomic mass is 10.1. The van der Waals surface area contributed by atoms with Crippen molar-refractivity contribution in [1.29, 1.82) is 0 Å². The summed E-state index contributed by atoms with van der Waals surface area (Å²) in [4.78, 5) is 20.8. The van der Waals surface area contributed by atoms with Crippen molar-refractivity contribution in [2.45, 2.75) is 129 Å². The van der Waals surface area contributed by atoms with Gasteiger partial charge < -0.3 is 21.7 Å². The summed E-state index contributed by atoms with van der Waals surface area (Å²) in [7, 11) is 0. The van der Waals surface area contributed by atoms with Crippen LogP contribution in [0.3, 0.4) is 0 Å². The summed E-state index contributed by atoms with van der Waals surface area (Å²) in [6, 6.07) is -1.32. The molecule has 2 atom stereocenters. The van der Waals surface area contributed by atoms with Gasteiger partial charge in [-0.1, -0.05) is 104 Å². The Balaban J connectivity index is 0. The molecule has 0 aromatic carbocycles. The molecule has 0 radical (unpaired) electrons. The molecule has 28 heavy (non-hydrogen) atoms. The van der Waals surface area contributed by atoms with Crippen LogP contribution in [0.25, 0.3) is 0 Å². The predicted octanol–water partition coefficient (Wildman–Crippen LogP) is 5.08. The van der Waals surface area contributed by atoms with Gasteiger partial charge in [0.25, 0.3) is 0 Å². The number of rotatable bonds is 18. The summed E-state index contributed by atoms with van der Waals surface area (Å²) in [6.07, 6.45) is 18.1. The first-order valence-electron chi connectivity index (χ1n) is 11.3. The van der Waals surface area contributed by atoms with Gasteiger partial charge in [-0.05, 0) is 12.8 Å². The Labute approximate surface area is 172 Å². The van der Waals surface area contributed by atoms with Crippen molar-refractivity contribution >= 4 is 11.9 Å². The minimum absolute atomic E-state index is 0.614. The van der Waals surface area contributed by atoms with E-state index in [2.05, 4.69) is 13.8 Å². The van der Waals surface area contributed by atoms with Crippen molar-refractivity contribution in [3.8, 4) is 0 Å². The third-order valence-corrected chi connectivity index (χ3v) is 4.87. The average molecular weight is 403 g/mol. The second-order valence-corrected chi connectivity index (χ2v) is 7.71. The molecule has 0 amide bonds. The summed E-state index contributed by atoms with van der Waals surface area (Å²) in [5, 5.41) is 17.1. The summed E-state index contributed by atoms with van der Waals surface area (Å²) in [6.45, 7) is 4.40. The smallest absolute Gasteiger partial charge is 0.320 e. The lowest BCUT2D eigenvalue weighted by molar-refractivity contribution is -0.139. The molecule has 0 saturated carbocycles. The van der Waals surface area contributed by atoms with Crippen molar-refractivity contribution in [3.63, 3.8) is 0 Å². The van der Waals surface area contributed by atoms with E-state index in [4.69, 9.17) is 21.7 Å². The Bertz CT molecular complexity index is 330. The van der Waals surface area contributed by atoms with Crippen molar-refractivity contribution in [3.05, 3.63) is 0 Å². The van der Waals surface area contributed by atoms with Crippen LogP contribution in [-0.2, 0) is 9.59 Å². The van der Waals surface area contributed by atoms with Crippen molar-refractivity contribution in [1.82, 2.24) is 0 Å². The van der Waals surface area contributed by atoms with Crippen LogP contribution in [0.1, 0.15) is 117 Å². The maximum absolute atomic E-state index is 10.4. The van der Waals surface area contributed by atoms with Gasteiger partial charge in [0.1, 0.15) is 12.1 Å². The lowest BCUT2D eigenvalue weighted by Gasteiger charge is -2.05. The van der Waals surface area contributed by atoms with Crippen LogP contribution >= 0.6 is 0 Å². The van der Waals surface area contributed by atoms with Gasteiger partial charge in [-0.3, -0.25) is 9.59 Å². The monoisotopic (exact) mass is 402 g/mol. The molecular formula is C22H46N2O4. The van der Waals surface area contributed by atoms with Crippen LogP contribution in [0.4, 0.5) is 0 Å². The molecule has 0 aliphatic carbocycles. The first-order chi connectivity index (χ1) is 13.4.